The molecule has 1 aliphatic heterocycles. The first kappa shape index (κ1) is 16.7. The lowest BCUT2D eigenvalue weighted by atomic mass is 10.1. The third-order valence-electron chi connectivity index (χ3n) is 5.02. The monoisotopic (exact) mass is 350 g/mol. The molecule has 0 unspecified atom stereocenters. The molecule has 2 aliphatic rings. The Morgan fingerprint density at radius 1 is 0.846 bits per heavy atom. The van der Waals surface area contributed by atoms with Crippen molar-refractivity contribution in [2.75, 3.05) is 37.6 Å². The minimum atomic E-state index is -0.206. The molecule has 132 valence electrons. The zero-order valence-corrected chi connectivity index (χ0v) is 14.3. The van der Waals surface area contributed by atoms with Crippen LogP contribution in [0, 0.1) is 5.82 Å². The van der Waals surface area contributed by atoms with E-state index in [0.717, 1.165) is 13.1 Å². The van der Waals surface area contributed by atoms with Crippen LogP contribution in [0.15, 0.2) is 60.2 Å². The molecule has 0 N–H and O–H groups in total. The van der Waals surface area contributed by atoms with Crippen LogP contribution in [0.4, 0.5) is 10.1 Å². The van der Waals surface area contributed by atoms with Crippen molar-refractivity contribution in [3.05, 3.63) is 77.1 Å². The number of Topliss-reactive ketones (excluding diaryl/α,β-unsaturated/α-hetero) is 2. The summed E-state index contributed by atoms with van der Waals surface area (Å²) in [6.07, 6.45) is 1.74. The molecule has 1 fully saturated rings. The average molecular weight is 350 g/mol. The summed E-state index contributed by atoms with van der Waals surface area (Å²) in [6, 6.07) is 13.7. The van der Waals surface area contributed by atoms with Crippen molar-refractivity contribution in [1.82, 2.24) is 4.90 Å². The number of para-hydroxylation sites is 1. The number of hydrogen-bond donors (Lipinski definition) is 0. The number of fused-ring (bicyclic) bond motifs is 1. The van der Waals surface area contributed by atoms with E-state index in [4.69, 9.17) is 0 Å². The minimum Gasteiger partial charge on any atom is -0.367 e. The van der Waals surface area contributed by atoms with Gasteiger partial charge in [-0.25, -0.2) is 4.39 Å². The summed E-state index contributed by atoms with van der Waals surface area (Å²) in [5.41, 5.74) is 1.88. The summed E-state index contributed by atoms with van der Waals surface area (Å²) in [6.45, 7) is 3.49. The highest BCUT2D eigenvalue weighted by Crippen LogP contribution is 2.26. The number of ketones is 2. The van der Waals surface area contributed by atoms with Crippen molar-refractivity contribution in [2.24, 2.45) is 0 Å². The molecule has 0 radical (unpaired) electrons. The molecule has 0 atom stereocenters. The van der Waals surface area contributed by atoms with Gasteiger partial charge in [0.05, 0.1) is 11.3 Å². The van der Waals surface area contributed by atoms with Gasteiger partial charge in [0.1, 0.15) is 5.82 Å². The lowest BCUT2D eigenvalue weighted by molar-refractivity contribution is 0.0987. The highest BCUT2D eigenvalue weighted by molar-refractivity contribution is 6.39. The number of rotatable bonds is 3. The van der Waals surface area contributed by atoms with Crippen molar-refractivity contribution < 1.29 is 14.0 Å². The van der Waals surface area contributed by atoms with Gasteiger partial charge in [0, 0.05) is 43.9 Å². The molecule has 0 aromatic heterocycles. The Morgan fingerprint density at radius 3 is 2.04 bits per heavy atom. The zero-order chi connectivity index (χ0) is 18.1. The number of benzene rings is 2. The van der Waals surface area contributed by atoms with E-state index in [1.54, 1.807) is 42.5 Å². The Hall–Kier alpha value is -2.79. The van der Waals surface area contributed by atoms with Gasteiger partial charge in [-0.1, -0.05) is 42.5 Å². The number of anilines is 1. The van der Waals surface area contributed by atoms with Crippen LogP contribution in [0.3, 0.4) is 0 Å². The standard InChI is InChI=1S/C21H19FN2O2/c22-18-7-3-4-8-19(18)24-13-11-23(12-14-24)10-9-17-20(25)15-5-1-2-6-16(15)21(17)26/h1-9H,10-14H2. The van der Waals surface area contributed by atoms with E-state index in [0.29, 0.717) is 36.4 Å². The number of carbonyl (C=O) groups is 2. The number of allylic oxidation sites excluding steroid dienone is 1. The fourth-order valence-corrected chi connectivity index (χ4v) is 3.56. The second-order valence-corrected chi connectivity index (χ2v) is 6.56. The summed E-state index contributed by atoms with van der Waals surface area (Å²) in [5, 5.41) is 0. The molecule has 1 aliphatic carbocycles. The van der Waals surface area contributed by atoms with Crippen molar-refractivity contribution in [3.63, 3.8) is 0 Å². The van der Waals surface area contributed by atoms with E-state index in [9.17, 15) is 14.0 Å². The van der Waals surface area contributed by atoms with E-state index in [1.807, 2.05) is 11.0 Å². The second-order valence-electron chi connectivity index (χ2n) is 6.56. The first-order chi connectivity index (χ1) is 12.6. The minimum absolute atomic E-state index is 0.185. The Morgan fingerprint density at radius 2 is 1.42 bits per heavy atom. The molecule has 4 nitrogen and oxygen atoms in total. The molecule has 1 heterocycles. The summed E-state index contributed by atoms with van der Waals surface area (Å²) in [5.74, 6) is -0.575. The third kappa shape index (κ3) is 2.95. The third-order valence-corrected chi connectivity index (χ3v) is 5.02. The largest absolute Gasteiger partial charge is 0.367 e. The highest BCUT2D eigenvalue weighted by atomic mass is 19.1. The first-order valence-electron chi connectivity index (χ1n) is 8.75. The molecule has 0 bridgehead atoms. The predicted molar refractivity (Wildman–Crippen MR) is 98.2 cm³/mol. The summed E-state index contributed by atoms with van der Waals surface area (Å²) < 4.78 is 13.9. The molecule has 0 amide bonds. The van der Waals surface area contributed by atoms with Gasteiger partial charge in [-0.2, -0.15) is 0 Å². The van der Waals surface area contributed by atoms with E-state index in [2.05, 4.69) is 4.90 Å². The van der Waals surface area contributed by atoms with Gasteiger partial charge in [0.2, 0.25) is 0 Å². The number of halogens is 1. The maximum Gasteiger partial charge on any atom is 0.197 e. The topological polar surface area (TPSA) is 40.6 Å². The zero-order valence-electron chi connectivity index (χ0n) is 14.3. The van der Waals surface area contributed by atoms with Gasteiger partial charge in [-0.3, -0.25) is 14.5 Å². The van der Waals surface area contributed by atoms with E-state index in [1.165, 1.54) is 6.07 Å². The van der Waals surface area contributed by atoms with Crippen LogP contribution in [-0.2, 0) is 0 Å². The van der Waals surface area contributed by atoms with Crippen molar-refractivity contribution >= 4 is 17.3 Å². The van der Waals surface area contributed by atoms with Crippen LogP contribution >= 0.6 is 0 Å². The van der Waals surface area contributed by atoms with Crippen molar-refractivity contribution in [2.45, 2.75) is 0 Å². The molecular formula is C21H19FN2O2. The lowest BCUT2D eigenvalue weighted by Crippen LogP contribution is -2.46. The van der Waals surface area contributed by atoms with Gasteiger partial charge < -0.3 is 4.90 Å². The molecule has 5 heteroatoms. The Balaban J connectivity index is 1.40. The average Bonchev–Trinajstić information content (AvgIpc) is 2.92. The van der Waals surface area contributed by atoms with Crippen LogP contribution < -0.4 is 4.90 Å². The van der Waals surface area contributed by atoms with Crippen LogP contribution in [0.1, 0.15) is 20.7 Å². The molecule has 1 saturated heterocycles. The van der Waals surface area contributed by atoms with E-state index in [-0.39, 0.29) is 23.0 Å². The Labute approximate surface area is 151 Å². The summed E-state index contributed by atoms with van der Waals surface area (Å²) in [4.78, 5) is 29.0. The number of nitrogens with zero attached hydrogens (tertiary/aromatic N) is 2. The normalized spacial score (nSPS) is 17.6. The molecule has 2 aromatic carbocycles. The Kier molecular flexibility index (Phi) is 4.39. The Bertz CT molecular complexity index is 861. The SMILES string of the molecule is O=C1C(=CCN2CCN(c3ccccc3F)CC2)C(=O)c2ccccc21. The molecule has 0 spiro atoms. The second kappa shape index (κ2) is 6.84. The van der Waals surface area contributed by atoms with Crippen LogP contribution in [-0.4, -0.2) is 49.2 Å². The van der Waals surface area contributed by atoms with Gasteiger partial charge >= 0.3 is 0 Å². The fourth-order valence-electron chi connectivity index (χ4n) is 3.56. The molecule has 4 rings (SSSR count). The van der Waals surface area contributed by atoms with Crippen LogP contribution in [0.2, 0.25) is 0 Å². The van der Waals surface area contributed by atoms with Gasteiger partial charge in [-0.05, 0) is 12.1 Å². The maximum atomic E-state index is 13.9. The highest BCUT2D eigenvalue weighted by Gasteiger charge is 2.32. The fraction of sp³-hybridized carbons (Fsp3) is 0.238. The van der Waals surface area contributed by atoms with Crippen LogP contribution in [0.5, 0.6) is 0 Å². The van der Waals surface area contributed by atoms with Crippen molar-refractivity contribution in [1.29, 1.82) is 0 Å². The summed E-state index contributed by atoms with van der Waals surface area (Å²) in [7, 11) is 0. The van der Waals surface area contributed by atoms with E-state index >= 15 is 0 Å². The van der Waals surface area contributed by atoms with Gasteiger partial charge in [0.15, 0.2) is 11.6 Å². The number of carbonyl (C=O) groups excluding carboxylic acids is 2. The van der Waals surface area contributed by atoms with E-state index < -0.39 is 0 Å². The first-order valence-corrected chi connectivity index (χ1v) is 8.75. The van der Waals surface area contributed by atoms with Gasteiger partial charge in [0.25, 0.3) is 0 Å². The van der Waals surface area contributed by atoms with Gasteiger partial charge in [-0.15, -0.1) is 0 Å². The molecule has 0 saturated carbocycles. The van der Waals surface area contributed by atoms with Crippen molar-refractivity contribution in [3.8, 4) is 0 Å². The van der Waals surface area contributed by atoms with Crippen LogP contribution in [0.25, 0.3) is 0 Å². The molecular weight excluding hydrogens is 331 g/mol. The number of piperazine rings is 1. The number of hydrogen-bond acceptors (Lipinski definition) is 4. The smallest absolute Gasteiger partial charge is 0.197 e. The lowest BCUT2D eigenvalue weighted by Gasteiger charge is -2.35. The predicted octanol–water partition coefficient (Wildman–Crippen LogP) is 2.95. The summed E-state index contributed by atoms with van der Waals surface area (Å²) >= 11 is 0. The molecule has 2 aromatic rings. The molecule has 26 heavy (non-hydrogen) atoms. The quantitative estimate of drug-likeness (QED) is 0.630. The maximum absolute atomic E-state index is 13.9.